The number of carbonyl (C=O) groups is 1. The van der Waals surface area contributed by atoms with Gasteiger partial charge in [-0.2, -0.15) is 0 Å². The zero-order valence-corrected chi connectivity index (χ0v) is 8.36. The second-order valence-corrected chi connectivity index (χ2v) is 4.10. The quantitative estimate of drug-likeness (QED) is 0.721. The molecule has 0 spiro atoms. The first-order valence-corrected chi connectivity index (χ1v) is 4.83. The number of carbonyl (C=O) groups excluding carboxylic acids is 1. The van der Waals surface area contributed by atoms with Crippen molar-refractivity contribution in [1.82, 2.24) is 5.32 Å². The Morgan fingerprint density at radius 3 is 2.54 bits per heavy atom. The lowest BCUT2D eigenvalue weighted by Gasteiger charge is -2.21. The van der Waals surface area contributed by atoms with Gasteiger partial charge in [-0.3, -0.25) is 4.79 Å². The molecule has 0 saturated heterocycles. The van der Waals surface area contributed by atoms with Crippen LogP contribution < -0.4 is 11.1 Å². The Hall–Kier alpha value is -0.540. The Morgan fingerprint density at radius 2 is 2.08 bits per heavy atom. The van der Waals surface area contributed by atoms with E-state index < -0.39 is 5.54 Å². The lowest BCUT2D eigenvalue weighted by atomic mass is 9.98. The average molecular weight is 203 g/mol. The lowest BCUT2D eigenvalue weighted by Crippen LogP contribution is -2.52. The standard InChI is InChI=1S/C9H15ClN2O/c1-7(10)6-12-8(13)9(11)4-2-3-5-9/h1-6,11H2,(H,12,13). The minimum Gasteiger partial charge on any atom is -0.350 e. The van der Waals surface area contributed by atoms with E-state index in [0.717, 1.165) is 25.7 Å². The van der Waals surface area contributed by atoms with Crippen LogP contribution in [0.15, 0.2) is 11.6 Å². The number of rotatable bonds is 3. The second kappa shape index (κ2) is 4.11. The highest BCUT2D eigenvalue weighted by atomic mass is 35.5. The molecule has 74 valence electrons. The molecule has 13 heavy (non-hydrogen) atoms. The third-order valence-corrected chi connectivity index (χ3v) is 2.52. The molecule has 1 aliphatic rings. The first-order chi connectivity index (χ1) is 6.04. The maximum absolute atomic E-state index is 11.5. The Morgan fingerprint density at radius 1 is 1.54 bits per heavy atom. The summed E-state index contributed by atoms with van der Waals surface area (Å²) in [5.74, 6) is -0.105. The molecule has 0 aromatic rings. The molecule has 0 radical (unpaired) electrons. The summed E-state index contributed by atoms with van der Waals surface area (Å²) in [4.78, 5) is 11.5. The van der Waals surface area contributed by atoms with Crippen molar-refractivity contribution in [3.8, 4) is 0 Å². The van der Waals surface area contributed by atoms with E-state index in [9.17, 15) is 4.79 Å². The molecule has 0 aromatic carbocycles. The van der Waals surface area contributed by atoms with Crippen molar-refractivity contribution in [2.45, 2.75) is 31.2 Å². The van der Waals surface area contributed by atoms with Crippen LogP contribution in [0.5, 0.6) is 0 Å². The van der Waals surface area contributed by atoms with Gasteiger partial charge in [-0.05, 0) is 12.8 Å². The molecule has 0 heterocycles. The summed E-state index contributed by atoms with van der Waals surface area (Å²) in [6.45, 7) is 3.79. The second-order valence-electron chi connectivity index (χ2n) is 3.56. The van der Waals surface area contributed by atoms with E-state index in [1.54, 1.807) is 0 Å². The molecule has 0 unspecified atom stereocenters. The van der Waals surface area contributed by atoms with Crippen LogP contribution in [0.2, 0.25) is 0 Å². The van der Waals surface area contributed by atoms with Gasteiger partial charge in [-0.1, -0.05) is 31.0 Å². The highest BCUT2D eigenvalue weighted by Crippen LogP contribution is 2.27. The summed E-state index contributed by atoms with van der Waals surface area (Å²) >= 11 is 5.52. The van der Waals surface area contributed by atoms with Gasteiger partial charge in [0, 0.05) is 5.03 Å². The van der Waals surface area contributed by atoms with Crippen molar-refractivity contribution >= 4 is 17.5 Å². The maximum atomic E-state index is 11.5. The van der Waals surface area contributed by atoms with E-state index in [1.807, 2.05) is 0 Å². The summed E-state index contributed by atoms with van der Waals surface area (Å²) in [6.07, 6.45) is 3.61. The molecule has 0 aliphatic heterocycles. The third kappa shape index (κ3) is 2.71. The fraction of sp³-hybridized carbons (Fsp3) is 0.667. The summed E-state index contributed by atoms with van der Waals surface area (Å²) in [7, 11) is 0. The molecule has 1 rings (SSSR count). The van der Waals surface area contributed by atoms with Crippen LogP contribution in [0.3, 0.4) is 0 Å². The predicted molar refractivity (Wildman–Crippen MR) is 53.4 cm³/mol. The van der Waals surface area contributed by atoms with Gasteiger partial charge in [-0.25, -0.2) is 0 Å². The maximum Gasteiger partial charge on any atom is 0.240 e. The SMILES string of the molecule is C=C(Cl)CNC(=O)C1(N)CCCC1. The molecule has 3 nitrogen and oxygen atoms in total. The topological polar surface area (TPSA) is 55.1 Å². The molecule has 4 heteroatoms. The fourth-order valence-electron chi connectivity index (χ4n) is 1.59. The zero-order chi connectivity index (χ0) is 9.90. The molecule has 1 aliphatic carbocycles. The Balaban J connectivity index is 2.42. The molecular formula is C9H15ClN2O. The highest BCUT2D eigenvalue weighted by molar-refractivity contribution is 6.29. The largest absolute Gasteiger partial charge is 0.350 e. The van der Waals surface area contributed by atoms with Crippen LogP contribution in [0.4, 0.5) is 0 Å². The minimum atomic E-state index is -0.660. The first kappa shape index (κ1) is 10.5. The Bertz CT molecular complexity index is 222. The predicted octanol–water partition coefficient (Wildman–Crippen LogP) is 1.13. The van der Waals surface area contributed by atoms with Crippen LogP contribution >= 0.6 is 11.6 Å². The average Bonchev–Trinajstić information content (AvgIpc) is 2.49. The fourth-order valence-corrected chi connectivity index (χ4v) is 1.65. The molecule has 1 fully saturated rings. The number of amides is 1. The van der Waals surface area contributed by atoms with Gasteiger partial charge < -0.3 is 11.1 Å². The van der Waals surface area contributed by atoms with E-state index in [1.165, 1.54) is 0 Å². The molecule has 0 atom stereocenters. The van der Waals surface area contributed by atoms with Gasteiger partial charge in [0.25, 0.3) is 0 Å². The van der Waals surface area contributed by atoms with E-state index in [-0.39, 0.29) is 5.91 Å². The van der Waals surface area contributed by atoms with Crippen molar-refractivity contribution in [3.63, 3.8) is 0 Å². The van der Waals surface area contributed by atoms with Gasteiger partial charge >= 0.3 is 0 Å². The van der Waals surface area contributed by atoms with Crippen LogP contribution in [-0.2, 0) is 4.79 Å². The van der Waals surface area contributed by atoms with E-state index in [0.29, 0.717) is 11.6 Å². The zero-order valence-electron chi connectivity index (χ0n) is 7.61. The van der Waals surface area contributed by atoms with Gasteiger partial charge in [0.1, 0.15) is 0 Å². The van der Waals surface area contributed by atoms with Crippen molar-refractivity contribution in [3.05, 3.63) is 11.6 Å². The van der Waals surface area contributed by atoms with Crippen molar-refractivity contribution < 1.29 is 4.79 Å². The van der Waals surface area contributed by atoms with Gasteiger partial charge in [0.2, 0.25) is 5.91 Å². The molecule has 1 saturated carbocycles. The smallest absolute Gasteiger partial charge is 0.240 e. The monoisotopic (exact) mass is 202 g/mol. The number of halogens is 1. The number of hydrogen-bond donors (Lipinski definition) is 2. The molecular weight excluding hydrogens is 188 g/mol. The summed E-state index contributed by atoms with van der Waals surface area (Å²) in [5, 5.41) is 3.09. The molecule has 0 aromatic heterocycles. The van der Waals surface area contributed by atoms with Crippen molar-refractivity contribution in [2.75, 3.05) is 6.54 Å². The van der Waals surface area contributed by atoms with E-state index in [2.05, 4.69) is 11.9 Å². The van der Waals surface area contributed by atoms with Crippen molar-refractivity contribution in [2.24, 2.45) is 5.73 Å². The normalized spacial score (nSPS) is 19.8. The first-order valence-electron chi connectivity index (χ1n) is 4.45. The highest BCUT2D eigenvalue weighted by Gasteiger charge is 2.36. The van der Waals surface area contributed by atoms with Gasteiger partial charge in [-0.15, -0.1) is 0 Å². The minimum absolute atomic E-state index is 0.105. The Kier molecular flexibility index (Phi) is 3.33. The van der Waals surface area contributed by atoms with E-state index in [4.69, 9.17) is 17.3 Å². The van der Waals surface area contributed by atoms with Crippen LogP contribution in [-0.4, -0.2) is 18.0 Å². The van der Waals surface area contributed by atoms with Crippen LogP contribution in [0.25, 0.3) is 0 Å². The molecule has 0 bridgehead atoms. The summed E-state index contributed by atoms with van der Waals surface area (Å²) in [6, 6.07) is 0. The molecule has 3 N–H and O–H groups in total. The van der Waals surface area contributed by atoms with Crippen molar-refractivity contribution in [1.29, 1.82) is 0 Å². The van der Waals surface area contributed by atoms with Gasteiger partial charge in [0.05, 0.1) is 12.1 Å². The molecule has 1 amide bonds. The van der Waals surface area contributed by atoms with Crippen LogP contribution in [0.1, 0.15) is 25.7 Å². The van der Waals surface area contributed by atoms with Gasteiger partial charge in [0.15, 0.2) is 0 Å². The van der Waals surface area contributed by atoms with Crippen LogP contribution in [0, 0.1) is 0 Å². The summed E-state index contributed by atoms with van der Waals surface area (Å²) in [5.41, 5.74) is 5.24. The third-order valence-electron chi connectivity index (χ3n) is 2.39. The number of nitrogens with one attached hydrogen (secondary N) is 1. The lowest BCUT2D eigenvalue weighted by molar-refractivity contribution is -0.125. The summed E-state index contributed by atoms with van der Waals surface area (Å²) < 4.78 is 0. The number of nitrogens with two attached hydrogens (primary N) is 1. The number of hydrogen-bond acceptors (Lipinski definition) is 2. The van der Waals surface area contributed by atoms with E-state index >= 15 is 0 Å². The Labute approximate surface area is 83.3 Å².